The van der Waals surface area contributed by atoms with Gasteiger partial charge in [-0.3, -0.25) is 4.79 Å². The number of rotatable bonds is 6. The fourth-order valence-electron chi connectivity index (χ4n) is 2.58. The number of hydrogen-bond donors (Lipinski definition) is 2. The van der Waals surface area contributed by atoms with Gasteiger partial charge in [-0.1, -0.05) is 28.9 Å². The highest BCUT2D eigenvalue weighted by molar-refractivity contribution is 6.34. The van der Waals surface area contributed by atoms with Crippen LogP contribution in [0.4, 0.5) is 5.69 Å². The van der Waals surface area contributed by atoms with Crippen LogP contribution in [0.5, 0.6) is 5.75 Å². The highest BCUT2D eigenvalue weighted by atomic mass is 35.5. The van der Waals surface area contributed by atoms with Gasteiger partial charge in [0.1, 0.15) is 18.1 Å². The fraction of sp³-hybridized carbons (Fsp3) is 0.150. The molecule has 0 unspecified atom stereocenters. The highest BCUT2D eigenvalue weighted by Gasteiger charge is 2.17. The lowest BCUT2D eigenvalue weighted by Gasteiger charge is -2.13. The smallest absolute Gasteiger partial charge is 0.335 e. The summed E-state index contributed by atoms with van der Waals surface area (Å²) in [6, 6.07) is 10.8. The van der Waals surface area contributed by atoms with Crippen molar-refractivity contribution in [1.82, 2.24) is 5.16 Å². The average Bonchev–Trinajstić information content (AvgIpc) is 2.99. The molecule has 144 valence electrons. The van der Waals surface area contributed by atoms with E-state index in [0.717, 1.165) is 11.3 Å². The van der Waals surface area contributed by atoms with Gasteiger partial charge in [-0.2, -0.15) is 0 Å². The van der Waals surface area contributed by atoms with Gasteiger partial charge in [0, 0.05) is 0 Å². The average molecular weight is 401 g/mol. The number of amides is 1. The number of carbonyl (C=O) groups is 2. The number of ether oxygens (including phenoxy) is 1. The SMILES string of the molecule is Cc1noc(C)c1COc1ccccc1C(=O)Nc1cc(C(=O)O)ccc1Cl. The Hall–Kier alpha value is -3.32. The summed E-state index contributed by atoms with van der Waals surface area (Å²) in [6.45, 7) is 3.79. The van der Waals surface area contributed by atoms with Crippen LogP contribution in [-0.2, 0) is 6.61 Å². The molecular formula is C20H17ClN2O5. The fourth-order valence-corrected chi connectivity index (χ4v) is 2.75. The van der Waals surface area contributed by atoms with Crippen LogP contribution < -0.4 is 10.1 Å². The van der Waals surface area contributed by atoms with E-state index in [0.29, 0.717) is 11.5 Å². The number of halogens is 1. The standard InChI is InChI=1S/C20H17ClN2O5/c1-11-15(12(2)28-23-11)10-27-18-6-4-3-5-14(18)19(24)22-17-9-13(20(25)26)7-8-16(17)21/h3-9H,10H2,1-2H3,(H,22,24)(H,25,26). The first-order valence-corrected chi connectivity index (χ1v) is 8.72. The molecule has 28 heavy (non-hydrogen) atoms. The molecule has 7 nitrogen and oxygen atoms in total. The molecule has 0 radical (unpaired) electrons. The Bertz CT molecular complexity index is 1030. The van der Waals surface area contributed by atoms with E-state index in [1.807, 2.05) is 6.92 Å². The Labute approximate surface area is 165 Å². The van der Waals surface area contributed by atoms with Gasteiger partial charge in [-0.15, -0.1) is 0 Å². The highest BCUT2D eigenvalue weighted by Crippen LogP contribution is 2.26. The number of carbonyl (C=O) groups excluding carboxylic acids is 1. The minimum atomic E-state index is -1.12. The van der Waals surface area contributed by atoms with Crippen molar-refractivity contribution >= 4 is 29.2 Å². The molecule has 0 bridgehead atoms. The minimum absolute atomic E-state index is 0.0163. The molecule has 1 aromatic heterocycles. The topological polar surface area (TPSA) is 102 Å². The lowest BCUT2D eigenvalue weighted by atomic mass is 10.1. The second-order valence-electron chi connectivity index (χ2n) is 6.04. The number of carboxylic acid groups (broad SMARTS) is 1. The van der Waals surface area contributed by atoms with Gasteiger partial charge >= 0.3 is 5.97 Å². The molecule has 3 rings (SSSR count). The Morgan fingerprint density at radius 2 is 1.96 bits per heavy atom. The number of aromatic carboxylic acids is 1. The maximum Gasteiger partial charge on any atom is 0.335 e. The second kappa shape index (κ2) is 8.14. The zero-order valence-electron chi connectivity index (χ0n) is 15.2. The van der Waals surface area contributed by atoms with Gasteiger partial charge in [0.15, 0.2) is 0 Å². The van der Waals surface area contributed by atoms with E-state index in [9.17, 15) is 9.59 Å². The minimum Gasteiger partial charge on any atom is -0.488 e. The monoisotopic (exact) mass is 400 g/mol. The number of carboxylic acids is 1. The summed E-state index contributed by atoms with van der Waals surface area (Å²) in [5, 5.41) is 15.9. The molecule has 0 aliphatic rings. The van der Waals surface area contributed by atoms with Crippen molar-refractivity contribution in [3.8, 4) is 5.75 Å². The number of benzene rings is 2. The molecule has 0 spiro atoms. The lowest BCUT2D eigenvalue weighted by Crippen LogP contribution is -2.14. The van der Waals surface area contributed by atoms with Crippen molar-refractivity contribution in [2.45, 2.75) is 20.5 Å². The summed E-state index contributed by atoms with van der Waals surface area (Å²) in [5.74, 6) is -0.573. The van der Waals surface area contributed by atoms with Gasteiger partial charge in [0.05, 0.1) is 33.1 Å². The number of anilines is 1. The van der Waals surface area contributed by atoms with E-state index < -0.39 is 11.9 Å². The number of aryl methyl sites for hydroxylation is 2. The number of aromatic nitrogens is 1. The van der Waals surface area contributed by atoms with Gasteiger partial charge in [0.25, 0.3) is 5.91 Å². The molecular weight excluding hydrogens is 384 g/mol. The van der Waals surface area contributed by atoms with Crippen LogP contribution in [0.15, 0.2) is 47.0 Å². The second-order valence-corrected chi connectivity index (χ2v) is 6.45. The molecule has 0 saturated carbocycles. The number of nitrogens with zero attached hydrogens (tertiary/aromatic N) is 1. The van der Waals surface area contributed by atoms with E-state index in [1.54, 1.807) is 31.2 Å². The van der Waals surface area contributed by atoms with Gasteiger partial charge < -0.3 is 19.7 Å². The molecule has 0 atom stereocenters. The predicted octanol–water partition coefficient (Wildman–Crippen LogP) is 4.47. The van der Waals surface area contributed by atoms with Crippen molar-refractivity contribution in [3.05, 3.63) is 75.6 Å². The zero-order valence-corrected chi connectivity index (χ0v) is 15.9. The van der Waals surface area contributed by atoms with E-state index >= 15 is 0 Å². The van der Waals surface area contributed by atoms with Crippen LogP contribution in [0, 0.1) is 13.8 Å². The van der Waals surface area contributed by atoms with E-state index in [1.165, 1.54) is 18.2 Å². The van der Waals surface area contributed by atoms with Crippen LogP contribution in [-0.4, -0.2) is 22.1 Å². The van der Waals surface area contributed by atoms with Crippen molar-refractivity contribution < 1.29 is 24.0 Å². The molecule has 2 aromatic carbocycles. The molecule has 2 N–H and O–H groups in total. The van der Waals surface area contributed by atoms with Crippen LogP contribution in [0.1, 0.15) is 37.7 Å². The maximum absolute atomic E-state index is 12.7. The summed E-state index contributed by atoms with van der Waals surface area (Å²) in [6.07, 6.45) is 0. The van der Waals surface area contributed by atoms with Crippen LogP contribution >= 0.6 is 11.6 Å². The van der Waals surface area contributed by atoms with Crippen molar-refractivity contribution in [3.63, 3.8) is 0 Å². The summed E-state index contributed by atoms with van der Waals surface area (Å²) in [4.78, 5) is 23.9. The van der Waals surface area contributed by atoms with Crippen LogP contribution in [0.25, 0.3) is 0 Å². The predicted molar refractivity (Wildman–Crippen MR) is 103 cm³/mol. The van der Waals surface area contributed by atoms with Crippen LogP contribution in [0.2, 0.25) is 5.02 Å². The summed E-state index contributed by atoms with van der Waals surface area (Å²) >= 11 is 6.08. The van der Waals surface area contributed by atoms with Crippen LogP contribution in [0.3, 0.4) is 0 Å². The Morgan fingerprint density at radius 1 is 1.21 bits per heavy atom. The van der Waals surface area contributed by atoms with Crippen molar-refractivity contribution in [2.75, 3.05) is 5.32 Å². The van der Waals surface area contributed by atoms with E-state index in [4.69, 9.17) is 26.0 Å². The molecule has 1 amide bonds. The van der Waals surface area contributed by atoms with E-state index in [-0.39, 0.29) is 28.4 Å². The van der Waals surface area contributed by atoms with Gasteiger partial charge in [0.2, 0.25) is 0 Å². The Kier molecular flexibility index (Phi) is 5.65. The summed E-state index contributed by atoms with van der Waals surface area (Å²) < 4.78 is 10.9. The number of para-hydroxylation sites is 1. The quantitative estimate of drug-likeness (QED) is 0.632. The largest absolute Gasteiger partial charge is 0.488 e. The zero-order chi connectivity index (χ0) is 20.3. The van der Waals surface area contributed by atoms with Crippen molar-refractivity contribution in [2.24, 2.45) is 0 Å². The molecule has 3 aromatic rings. The Balaban J connectivity index is 1.81. The molecule has 0 fully saturated rings. The molecule has 8 heteroatoms. The molecule has 0 aliphatic carbocycles. The first kappa shape index (κ1) is 19.4. The van der Waals surface area contributed by atoms with Crippen molar-refractivity contribution in [1.29, 1.82) is 0 Å². The summed E-state index contributed by atoms with van der Waals surface area (Å²) in [5.41, 5.74) is 2.03. The Morgan fingerprint density at radius 3 is 2.64 bits per heavy atom. The molecule has 1 heterocycles. The van der Waals surface area contributed by atoms with Gasteiger partial charge in [-0.25, -0.2) is 4.79 Å². The first-order valence-electron chi connectivity index (χ1n) is 8.34. The third-order valence-corrected chi connectivity index (χ3v) is 4.48. The number of nitrogens with one attached hydrogen (secondary N) is 1. The van der Waals surface area contributed by atoms with Gasteiger partial charge in [-0.05, 0) is 44.2 Å². The maximum atomic E-state index is 12.7. The third-order valence-electron chi connectivity index (χ3n) is 4.15. The lowest BCUT2D eigenvalue weighted by molar-refractivity contribution is 0.0696. The molecule has 0 saturated heterocycles. The molecule has 0 aliphatic heterocycles. The normalized spacial score (nSPS) is 10.5. The third kappa shape index (κ3) is 4.15. The first-order chi connectivity index (χ1) is 13.4. The van der Waals surface area contributed by atoms with E-state index in [2.05, 4.69) is 10.5 Å². The summed E-state index contributed by atoms with van der Waals surface area (Å²) in [7, 11) is 0. The number of hydrogen-bond acceptors (Lipinski definition) is 5.